The van der Waals surface area contributed by atoms with Crippen molar-refractivity contribution < 1.29 is 4.92 Å². The monoisotopic (exact) mass is 266 g/mol. The Bertz CT molecular complexity index is 461. The number of nitrogens with zero attached hydrogens (tertiary/aromatic N) is 3. The number of aryl methyl sites for hydroxylation is 1. The van der Waals surface area contributed by atoms with E-state index in [-0.39, 0.29) is 16.5 Å². The molecule has 1 heterocycles. The predicted octanol–water partition coefficient (Wildman–Crippen LogP) is 3.05. The van der Waals surface area contributed by atoms with Gasteiger partial charge in [0.15, 0.2) is 0 Å². The topological polar surface area (TPSA) is 73.0 Å². The first-order chi connectivity index (χ1) is 9.00. The van der Waals surface area contributed by atoms with Gasteiger partial charge in [0, 0.05) is 19.5 Å². The van der Waals surface area contributed by atoms with Crippen LogP contribution in [0.4, 0.5) is 11.5 Å². The highest BCUT2D eigenvalue weighted by Gasteiger charge is 2.28. The SMILES string of the molecule is CC(C)c1nn(C)c(NCC2CCCC2)c1[N+](=O)[O-]. The Morgan fingerprint density at radius 2 is 2.11 bits per heavy atom. The van der Waals surface area contributed by atoms with Gasteiger partial charge in [-0.25, -0.2) is 4.68 Å². The minimum atomic E-state index is -0.320. The second-order valence-electron chi connectivity index (χ2n) is 5.65. The number of hydrogen-bond acceptors (Lipinski definition) is 4. The maximum atomic E-state index is 11.3. The van der Waals surface area contributed by atoms with Gasteiger partial charge in [0.1, 0.15) is 5.69 Å². The van der Waals surface area contributed by atoms with E-state index in [2.05, 4.69) is 10.4 Å². The largest absolute Gasteiger partial charge is 0.364 e. The van der Waals surface area contributed by atoms with Crippen LogP contribution in [-0.4, -0.2) is 21.2 Å². The fourth-order valence-corrected chi connectivity index (χ4v) is 2.76. The first-order valence-corrected chi connectivity index (χ1v) is 6.95. The molecule has 0 spiro atoms. The predicted molar refractivity (Wildman–Crippen MR) is 74.4 cm³/mol. The summed E-state index contributed by atoms with van der Waals surface area (Å²) in [6, 6.07) is 0. The molecular formula is C13H22N4O2. The fraction of sp³-hybridized carbons (Fsp3) is 0.769. The highest BCUT2D eigenvalue weighted by atomic mass is 16.6. The van der Waals surface area contributed by atoms with Crippen LogP contribution in [0.25, 0.3) is 0 Å². The van der Waals surface area contributed by atoms with E-state index < -0.39 is 0 Å². The zero-order valence-corrected chi connectivity index (χ0v) is 11.8. The summed E-state index contributed by atoms with van der Waals surface area (Å²) in [5.41, 5.74) is 0.692. The number of aromatic nitrogens is 2. The third-order valence-corrected chi connectivity index (χ3v) is 3.81. The van der Waals surface area contributed by atoms with Crippen molar-refractivity contribution >= 4 is 11.5 Å². The van der Waals surface area contributed by atoms with Crippen molar-refractivity contribution in [3.8, 4) is 0 Å². The number of rotatable bonds is 5. The van der Waals surface area contributed by atoms with E-state index in [9.17, 15) is 10.1 Å². The molecule has 1 aliphatic rings. The number of nitrogens with one attached hydrogen (secondary N) is 1. The Morgan fingerprint density at radius 1 is 1.47 bits per heavy atom. The Morgan fingerprint density at radius 3 is 2.63 bits per heavy atom. The van der Waals surface area contributed by atoms with Crippen molar-refractivity contribution in [2.45, 2.75) is 45.4 Å². The molecule has 0 unspecified atom stereocenters. The molecule has 1 aromatic rings. The van der Waals surface area contributed by atoms with Gasteiger partial charge in [-0.05, 0) is 18.8 Å². The summed E-state index contributed by atoms with van der Waals surface area (Å²) in [4.78, 5) is 10.9. The Labute approximate surface area is 113 Å². The van der Waals surface area contributed by atoms with Crippen LogP contribution < -0.4 is 5.32 Å². The summed E-state index contributed by atoms with van der Waals surface area (Å²) in [6.45, 7) is 4.66. The van der Waals surface area contributed by atoms with E-state index in [4.69, 9.17) is 0 Å². The molecule has 0 bridgehead atoms. The smallest absolute Gasteiger partial charge is 0.334 e. The molecule has 1 saturated carbocycles. The van der Waals surface area contributed by atoms with Crippen molar-refractivity contribution in [1.82, 2.24) is 9.78 Å². The lowest BCUT2D eigenvalue weighted by molar-refractivity contribution is -0.384. The zero-order valence-electron chi connectivity index (χ0n) is 11.8. The van der Waals surface area contributed by atoms with E-state index in [1.807, 2.05) is 13.8 Å². The van der Waals surface area contributed by atoms with Crippen molar-refractivity contribution in [2.24, 2.45) is 13.0 Å². The summed E-state index contributed by atoms with van der Waals surface area (Å²) < 4.78 is 1.60. The lowest BCUT2D eigenvalue weighted by Gasteiger charge is -2.11. The molecule has 1 aromatic heterocycles. The van der Waals surface area contributed by atoms with Gasteiger partial charge in [-0.3, -0.25) is 10.1 Å². The molecule has 2 rings (SSSR count). The van der Waals surface area contributed by atoms with E-state index in [1.54, 1.807) is 11.7 Å². The van der Waals surface area contributed by atoms with Crippen molar-refractivity contribution in [3.63, 3.8) is 0 Å². The highest BCUT2D eigenvalue weighted by Crippen LogP contribution is 2.33. The average Bonchev–Trinajstić information content (AvgIpc) is 2.93. The van der Waals surface area contributed by atoms with Gasteiger partial charge in [-0.15, -0.1) is 0 Å². The maximum Gasteiger partial charge on any atom is 0.334 e. The van der Waals surface area contributed by atoms with Crippen LogP contribution in [0.3, 0.4) is 0 Å². The Hall–Kier alpha value is -1.59. The van der Waals surface area contributed by atoms with E-state index in [0.717, 1.165) is 6.54 Å². The minimum Gasteiger partial charge on any atom is -0.364 e. The molecule has 0 aliphatic heterocycles. The van der Waals surface area contributed by atoms with Crippen LogP contribution in [-0.2, 0) is 7.05 Å². The first kappa shape index (κ1) is 13.8. The maximum absolute atomic E-state index is 11.3. The molecule has 106 valence electrons. The van der Waals surface area contributed by atoms with Crippen LogP contribution in [0.5, 0.6) is 0 Å². The van der Waals surface area contributed by atoms with Gasteiger partial charge in [0.05, 0.1) is 4.92 Å². The Kier molecular flexibility index (Phi) is 4.07. The molecule has 0 aromatic carbocycles. The molecule has 6 nitrogen and oxygen atoms in total. The second-order valence-corrected chi connectivity index (χ2v) is 5.65. The lowest BCUT2D eigenvalue weighted by atomic mass is 10.1. The summed E-state index contributed by atoms with van der Waals surface area (Å²) in [5.74, 6) is 1.23. The van der Waals surface area contributed by atoms with Crippen molar-refractivity contribution in [1.29, 1.82) is 0 Å². The molecule has 1 aliphatic carbocycles. The molecule has 0 saturated heterocycles. The molecular weight excluding hydrogens is 244 g/mol. The molecule has 1 fully saturated rings. The van der Waals surface area contributed by atoms with E-state index in [0.29, 0.717) is 17.4 Å². The normalized spacial score (nSPS) is 16.2. The van der Waals surface area contributed by atoms with E-state index >= 15 is 0 Å². The van der Waals surface area contributed by atoms with Gasteiger partial charge < -0.3 is 5.32 Å². The van der Waals surface area contributed by atoms with Gasteiger partial charge in [0.25, 0.3) is 0 Å². The number of anilines is 1. The van der Waals surface area contributed by atoms with E-state index in [1.165, 1.54) is 25.7 Å². The third-order valence-electron chi connectivity index (χ3n) is 3.81. The van der Waals surface area contributed by atoms with Crippen LogP contribution >= 0.6 is 0 Å². The fourth-order valence-electron chi connectivity index (χ4n) is 2.76. The molecule has 0 radical (unpaired) electrons. The summed E-state index contributed by atoms with van der Waals surface area (Å²) in [6.07, 6.45) is 4.99. The summed E-state index contributed by atoms with van der Waals surface area (Å²) in [7, 11) is 1.76. The average molecular weight is 266 g/mol. The van der Waals surface area contributed by atoms with Gasteiger partial charge in [-0.1, -0.05) is 26.7 Å². The molecule has 6 heteroatoms. The highest BCUT2D eigenvalue weighted by molar-refractivity contribution is 5.60. The van der Waals surface area contributed by atoms with Gasteiger partial charge in [-0.2, -0.15) is 5.10 Å². The molecule has 19 heavy (non-hydrogen) atoms. The van der Waals surface area contributed by atoms with Crippen molar-refractivity contribution in [3.05, 3.63) is 15.8 Å². The molecule has 0 atom stereocenters. The number of nitro groups is 1. The van der Waals surface area contributed by atoms with Crippen LogP contribution in [0.15, 0.2) is 0 Å². The molecule has 1 N–H and O–H groups in total. The minimum absolute atomic E-state index is 0.0497. The lowest BCUT2D eigenvalue weighted by Crippen LogP contribution is -2.14. The quantitative estimate of drug-likeness (QED) is 0.656. The zero-order chi connectivity index (χ0) is 14.0. The van der Waals surface area contributed by atoms with Crippen LogP contribution in [0, 0.1) is 16.0 Å². The molecule has 0 amide bonds. The standard InChI is InChI=1S/C13H22N4O2/c1-9(2)11-12(17(18)19)13(16(3)15-11)14-8-10-6-4-5-7-10/h9-10,14H,4-8H2,1-3H3. The first-order valence-electron chi connectivity index (χ1n) is 6.95. The van der Waals surface area contributed by atoms with Gasteiger partial charge >= 0.3 is 5.69 Å². The second kappa shape index (κ2) is 5.59. The van der Waals surface area contributed by atoms with Crippen LogP contribution in [0.2, 0.25) is 0 Å². The number of hydrogen-bond donors (Lipinski definition) is 1. The van der Waals surface area contributed by atoms with Gasteiger partial charge in [0.2, 0.25) is 5.82 Å². The summed E-state index contributed by atoms with van der Waals surface area (Å²) in [5, 5.41) is 18.8. The van der Waals surface area contributed by atoms with Crippen molar-refractivity contribution in [2.75, 3.05) is 11.9 Å². The van der Waals surface area contributed by atoms with Crippen LogP contribution in [0.1, 0.15) is 51.1 Å². The summed E-state index contributed by atoms with van der Waals surface area (Å²) >= 11 is 0. The Balaban J connectivity index is 2.20. The third kappa shape index (κ3) is 2.88.